The van der Waals surface area contributed by atoms with E-state index in [2.05, 4.69) is 4.72 Å². The molecule has 10 heteroatoms. The molecule has 4 rings (SSSR count). The standard InChI is InChI=1S/C25H24FN3O5S/c1-34-23-8-3-2-7-22(23)27-35(32,33)21-11-9-18(10-12-21)24(30)28-13-15-29(16-14-28)25(31)19-5-4-6-20(26)17-19/h2-12,17,27H,13-16H2,1H3. The van der Waals surface area contributed by atoms with Crippen LogP contribution in [0.15, 0.2) is 77.7 Å². The van der Waals surface area contributed by atoms with Gasteiger partial charge in [-0.1, -0.05) is 18.2 Å². The van der Waals surface area contributed by atoms with Gasteiger partial charge in [0, 0.05) is 37.3 Å². The molecular formula is C25H24FN3O5S. The molecule has 0 saturated carbocycles. The number of amides is 2. The number of benzene rings is 3. The lowest BCUT2D eigenvalue weighted by atomic mass is 10.1. The highest BCUT2D eigenvalue weighted by Crippen LogP contribution is 2.26. The molecule has 0 bridgehead atoms. The Labute approximate surface area is 203 Å². The number of carbonyl (C=O) groups is 2. The molecule has 0 unspecified atom stereocenters. The fraction of sp³-hybridized carbons (Fsp3) is 0.200. The molecule has 1 saturated heterocycles. The molecular weight excluding hydrogens is 473 g/mol. The van der Waals surface area contributed by atoms with Gasteiger partial charge in [-0.05, 0) is 54.6 Å². The van der Waals surface area contributed by atoms with E-state index in [1.807, 2.05) is 0 Å². The van der Waals surface area contributed by atoms with E-state index >= 15 is 0 Å². The summed E-state index contributed by atoms with van der Waals surface area (Å²) in [6.07, 6.45) is 0. The SMILES string of the molecule is COc1ccccc1NS(=O)(=O)c1ccc(C(=O)N2CCN(C(=O)c3cccc(F)c3)CC2)cc1. The number of anilines is 1. The average Bonchev–Trinajstić information content (AvgIpc) is 2.88. The highest BCUT2D eigenvalue weighted by molar-refractivity contribution is 7.92. The quantitative estimate of drug-likeness (QED) is 0.564. The van der Waals surface area contributed by atoms with E-state index in [4.69, 9.17) is 4.74 Å². The van der Waals surface area contributed by atoms with Gasteiger partial charge in [0.05, 0.1) is 17.7 Å². The smallest absolute Gasteiger partial charge is 0.262 e. The number of rotatable bonds is 6. The molecule has 0 atom stereocenters. The normalized spacial score (nSPS) is 13.9. The van der Waals surface area contributed by atoms with E-state index in [0.29, 0.717) is 43.2 Å². The summed E-state index contributed by atoms with van der Waals surface area (Å²) in [5.74, 6) is -0.635. The molecule has 3 aromatic carbocycles. The summed E-state index contributed by atoms with van der Waals surface area (Å²) in [6.45, 7) is 1.26. The van der Waals surface area contributed by atoms with Crippen molar-refractivity contribution in [1.29, 1.82) is 0 Å². The minimum absolute atomic E-state index is 0.00506. The van der Waals surface area contributed by atoms with Gasteiger partial charge < -0.3 is 14.5 Å². The fourth-order valence-corrected chi connectivity index (χ4v) is 4.88. The van der Waals surface area contributed by atoms with Gasteiger partial charge in [0.15, 0.2) is 0 Å². The maximum Gasteiger partial charge on any atom is 0.262 e. The van der Waals surface area contributed by atoms with Crippen LogP contribution in [0.3, 0.4) is 0 Å². The molecule has 0 spiro atoms. The van der Waals surface area contributed by atoms with Gasteiger partial charge in [0.2, 0.25) is 0 Å². The third-order valence-corrected chi connectivity index (χ3v) is 7.07. The maximum atomic E-state index is 13.4. The van der Waals surface area contributed by atoms with Crippen LogP contribution in [0.2, 0.25) is 0 Å². The molecule has 1 N–H and O–H groups in total. The predicted molar refractivity (Wildman–Crippen MR) is 128 cm³/mol. The number of hydrogen-bond acceptors (Lipinski definition) is 5. The topological polar surface area (TPSA) is 96.0 Å². The molecule has 1 heterocycles. The van der Waals surface area contributed by atoms with Crippen LogP contribution in [0.1, 0.15) is 20.7 Å². The number of halogens is 1. The van der Waals surface area contributed by atoms with Gasteiger partial charge in [0.25, 0.3) is 21.8 Å². The summed E-state index contributed by atoms with van der Waals surface area (Å²) >= 11 is 0. The van der Waals surface area contributed by atoms with Crippen LogP contribution in [0.5, 0.6) is 5.75 Å². The largest absolute Gasteiger partial charge is 0.495 e. The van der Waals surface area contributed by atoms with Crippen molar-refractivity contribution < 1.29 is 27.1 Å². The second-order valence-corrected chi connectivity index (χ2v) is 9.61. The van der Waals surface area contributed by atoms with Gasteiger partial charge in [-0.2, -0.15) is 0 Å². The molecule has 1 aliphatic rings. The number of piperazine rings is 1. The predicted octanol–water partition coefficient (Wildman–Crippen LogP) is 3.23. The van der Waals surface area contributed by atoms with Crippen LogP contribution in [0.4, 0.5) is 10.1 Å². The molecule has 1 fully saturated rings. The van der Waals surface area contributed by atoms with Crippen molar-refractivity contribution in [2.24, 2.45) is 0 Å². The lowest BCUT2D eigenvalue weighted by Crippen LogP contribution is -2.50. The maximum absolute atomic E-state index is 13.4. The third kappa shape index (κ3) is 5.43. The van der Waals surface area contributed by atoms with Gasteiger partial charge in [-0.15, -0.1) is 0 Å². The second-order valence-electron chi connectivity index (χ2n) is 7.92. The van der Waals surface area contributed by atoms with Crippen molar-refractivity contribution >= 4 is 27.5 Å². The molecule has 3 aromatic rings. The first-order valence-electron chi connectivity index (χ1n) is 10.9. The van der Waals surface area contributed by atoms with E-state index in [-0.39, 0.29) is 22.3 Å². The fourth-order valence-electron chi connectivity index (χ4n) is 3.81. The van der Waals surface area contributed by atoms with Crippen LogP contribution in [0.25, 0.3) is 0 Å². The Bertz CT molecular complexity index is 1340. The molecule has 35 heavy (non-hydrogen) atoms. The van der Waals surface area contributed by atoms with Gasteiger partial charge in [-0.25, -0.2) is 12.8 Å². The Balaban J connectivity index is 1.39. The number of methoxy groups -OCH3 is 1. The number of nitrogens with zero attached hydrogens (tertiary/aromatic N) is 2. The Kier molecular flexibility index (Phi) is 7.02. The Hall–Kier alpha value is -3.92. The Morgan fingerprint density at radius 2 is 1.43 bits per heavy atom. The molecule has 0 aromatic heterocycles. The minimum Gasteiger partial charge on any atom is -0.495 e. The molecule has 182 valence electrons. The lowest BCUT2D eigenvalue weighted by Gasteiger charge is -2.35. The summed E-state index contributed by atoms with van der Waals surface area (Å²) in [7, 11) is -2.44. The first-order valence-corrected chi connectivity index (χ1v) is 12.4. The van der Waals surface area contributed by atoms with Crippen molar-refractivity contribution in [2.45, 2.75) is 4.90 Å². The van der Waals surface area contributed by atoms with Gasteiger partial charge in [0.1, 0.15) is 11.6 Å². The van der Waals surface area contributed by atoms with Crippen molar-refractivity contribution in [1.82, 2.24) is 9.80 Å². The summed E-state index contributed by atoms with van der Waals surface area (Å²) in [5.41, 5.74) is 0.912. The zero-order chi connectivity index (χ0) is 25.0. The zero-order valence-electron chi connectivity index (χ0n) is 19.0. The number of carbonyl (C=O) groups excluding carboxylic acids is 2. The van der Waals surface area contributed by atoms with E-state index < -0.39 is 15.8 Å². The number of sulfonamides is 1. The third-order valence-electron chi connectivity index (χ3n) is 5.69. The van der Waals surface area contributed by atoms with Gasteiger partial charge >= 0.3 is 0 Å². The van der Waals surface area contributed by atoms with E-state index in [1.165, 1.54) is 49.6 Å². The monoisotopic (exact) mass is 497 g/mol. The number of nitrogens with one attached hydrogen (secondary N) is 1. The molecule has 0 radical (unpaired) electrons. The second kappa shape index (κ2) is 10.1. The molecule has 8 nitrogen and oxygen atoms in total. The highest BCUT2D eigenvalue weighted by atomic mass is 32.2. The Morgan fingerprint density at radius 3 is 2.03 bits per heavy atom. The molecule has 0 aliphatic carbocycles. The summed E-state index contributed by atoms with van der Waals surface area (Å²) < 4.78 is 46.6. The highest BCUT2D eigenvalue weighted by Gasteiger charge is 2.26. The van der Waals surface area contributed by atoms with Crippen molar-refractivity contribution in [3.05, 3.63) is 89.7 Å². The summed E-state index contributed by atoms with van der Waals surface area (Å²) in [5, 5.41) is 0. The first kappa shape index (κ1) is 24.2. The van der Waals surface area contributed by atoms with Crippen molar-refractivity contribution in [2.75, 3.05) is 38.0 Å². The zero-order valence-corrected chi connectivity index (χ0v) is 19.8. The Morgan fingerprint density at radius 1 is 0.829 bits per heavy atom. The number of ether oxygens (including phenoxy) is 1. The van der Waals surface area contributed by atoms with Crippen LogP contribution in [-0.4, -0.2) is 63.3 Å². The average molecular weight is 498 g/mol. The van der Waals surface area contributed by atoms with E-state index in [0.717, 1.165) is 0 Å². The summed E-state index contributed by atoms with van der Waals surface area (Å²) in [4.78, 5) is 28.7. The minimum atomic E-state index is -3.89. The summed E-state index contributed by atoms with van der Waals surface area (Å²) in [6, 6.07) is 17.8. The van der Waals surface area contributed by atoms with Crippen LogP contribution in [-0.2, 0) is 10.0 Å². The van der Waals surface area contributed by atoms with Crippen LogP contribution in [0, 0.1) is 5.82 Å². The van der Waals surface area contributed by atoms with E-state index in [1.54, 1.807) is 40.1 Å². The molecule has 1 aliphatic heterocycles. The number of para-hydroxylation sites is 2. The van der Waals surface area contributed by atoms with Crippen LogP contribution >= 0.6 is 0 Å². The van der Waals surface area contributed by atoms with Gasteiger partial charge in [-0.3, -0.25) is 14.3 Å². The molecule has 2 amide bonds. The van der Waals surface area contributed by atoms with Crippen LogP contribution < -0.4 is 9.46 Å². The first-order chi connectivity index (χ1) is 16.8. The van der Waals surface area contributed by atoms with Crippen molar-refractivity contribution in [3.8, 4) is 5.75 Å². The number of hydrogen-bond donors (Lipinski definition) is 1. The van der Waals surface area contributed by atoms with E-state index in [9.17, 15) is 22.4 Å². The lowest BCUT2D eigenvalue weighted by molar-refractivity contribution is 0.0535. The van der Waals surface area contributed by atoms with Crippen molar-refractivity contribution in [3.63, 3.8) is 0 Å².